The summed E-state index contributed by atoms with van der Waals surface area (Å²) in [6.07, 6.45) is 0. The van der Waals surface area contributed by atoms with Crippen LogP contribution in [0.3, 0.4) is 0 Å². The van der Waals surface area contributed by atoms with Crippen LogP contribution in [0.5, 0.6) is 0 Å². The second-order valence-electron chi connectivity index (χ2n) is 5.13. The van der Waals surface area contributed by atoms with Crippen LogP contribution in [0.1, 0.15) is 16.1 Å². The number of hydrogen-bond donors (Lipinski definition) is 0. The van der Waals surface area contributed by atoms with Gasteiger partial charge in [0.1, 0.15) is 12.4 Å². The molecule has 1 aromatic heterocycles. The summed E-state index contributed by atoms with van der Waals surface area (Å²) in [5.74, 6) is -1.04. The topological polar surface area (TPSA) is 61.2 Å². The van der Waals surface area contributed by atoms with Crippen molar-refractivity contribution >= 4 is 32.7 Å². The molecule has 0 N–H and O–H groups in total. The van der Waals surface area contributed by atoms with Crippen molar-refractivity contribution in [2.45, 2.75) is 6.61 Å². The smallest absolute Gasteiger partial charge is 0.359 e. The van der Waals surface area contributed by atoms with Crippen LogP contribution < -0.4 is 5.56 Å². The minimum absolute atomic E-state index is 0.0431. The summed E-state index contributed by atoms with van der Waals surface area (Å²) in [6.45, 7) is -0.0431. The zero-order valence-corrected chi connectivity index (χ0v) is 14.2. The Labute approximate surface area is 144 Å². The highest BCUT2D eigenvalue weighted by atomic mass is 79.9. The standard InChI is InChI=1S/C17H12BrFN2O3/c1-21-16(22)13-5-3-2-4-12(13)15(20-21)17(23)24-9-10-6-7-11(19)8-14(10)18/h2-8H,9H2,1H3. The lowest BCUT2D eigenvalue weighted by Crippen LogP contribution is -2.23. The molecule has 0 aliphatic heterocycles. The fraction of sp³-hybridized carbons (Fsp3) is 0.118. The molecule has 0 spiro atoms. The molecule has 1 heterocycles. The molecule has 0 fully saturated rings. The normalized spacial score (nSPS) is 10.8. The number of nitrogens with zero attached hydrogens (tertiary/aromatic N) is 2. The molecule has 0 radical (unpaired) electrons. The lowest BCUT2D eigenvalue weighted by molar-refractivity contribution is 0.0465. The molecule has 24 heavy (non-hydrogen) atoms. The molecule has 0 saturated heterocycles. The number of rotatable bonds is 3. The van der Waals surface area contributed by atoms with Gasteiger partial charge in [0.2, 0.25) is 0 Å². The number of carbonyl (C=O) groups is 1. The molecule has 0 saturated carbocycles. The number of aryl methyl sites for hydroxylation is 1. The quantitative estimate of drug-likeness (QED) is 0.644. The summed E-state index contributed by atoms with van der Waals surface area (Å²) < 4.78 is 20.0. The molecule has 122 valence electrons. The van der Waals surface area contributed by atoms with Gasteiger partial charge in [0.25, 0.3) is 5.56 Å². The number of benzene rings is 2. The van der Waals surface area contributed by atoms with Crippen molar-refractivity contribution in [3.05, 3.63) is 74.4 Å². The predicted octanol–water partition coefficient (Wildman–Crippen LogP) is 3.19. The molecule has 0 amide bonds. The third-order valence-corrected chi connectivity index (χ3v) is 4.26. The lowest BCUT2D eigenvalue weighted by atomic mass is 10.1. The van der Waals surface area contributed by atoms with E-state index in [-0.39, 0.29) is 23.7 Å². The van der Waals surface area contributed by atoms with Crippen LogP contribution in [0.15, 0.2) is 51.7 Å². The van der Waals surface area contributed by atoms with Gasteiger partial charge in [-0.3, -0.25) is 4.79 Å². The summed E-state index contributed by atoms with van der Waals surface area (Å²) >= 11 is 3.22. The monoisotopic (exact) mass is 390 g/mol. The van der Waals surface area contributed by atoms with E-state index < -0.39 is 5.97 Å². The van der Waals surface area contributed by atoms with Gasteiger partial charge in [-0.05, 0) is 18.2 Å². The van der Waals surface area contributed by atoms with Gasteiger partial charge in [-0.2, -0.15) is 5.10 Å². The molecule has 0 atom stereocenters. The van der Waals surface area contributed by atoms with Crippen LogP contribution in [-0.2, 0) is 18.4 Å². The van der Waals surface area contributed by atoms with E-state index >= 15 is 0 Å². The van der Waals surface area contributed by atoms with Gasteiger partial charge in [-0.15, -0.1) is 0 Å². The predicted molar refractivity (Wildman–Crippen MR) is 90.2 cm³/mol. The molecule has 0 aliphatic rings. The average Bonchev–Trinajstić information content (AvgIpc) is 2.57. The fourth-order valence-electron chi connectivity index (χ4n) is 2.30. The maximum absolute atomic E-state index is 13.1. The Morgan fingerprint density at radius 1 is 1.25 bits per heavy atom. The van der Waals surface area contributed by atoms with Gasteiger partial charge in [-0.25, -0.2) is 13.9 Å². The van der Waals surface area contributed by atoms with Crippen molar-refractivity contribution in [1.29, 1.82) is 0 Å². The number of carbonyl (C=O) groups excluding carboxylic acids is 1. The van der Waals surface area contributed by atoms with Crippen LogP contribution in [0.25, 0.3) is 10.8 Å². The lowest BCUT2D eigenvalue weighted by Gasteiger charge is -2.09. The fourth-order valence-corrected chi connectivity index (χ4v) is 2.77. The molecular weight excluding hydrogens is 379 g/mol. The molecule has 3 rings (SSSR count). The molecule has 0 bridgehead atoms. The maximum Gasteiger partial charge on any atom is 0.359 e. The molecule has 7 heteroatoms. The van der Waals surface area contributed by atoms with Crippen molar-refractivity contribution in [1.82, 2.24) is 9.78 Å². The van der Waals surface area contributed by atoms with Crippen LogP contribution in [-0.4, -0.2) is 15.7 Å². The van der Waals surface area contributed by atoms with E-state index in [0.29, 0.717) is 20.8 Å². The van der Waals surface area contributed by atoms with Gasteiger partial charge in [0.05, 0.1) is 5.39 Å². The van der Waals surface area contributed by atoms with Crippen molar-refractivity contribution in [2.75, 3.05) is 0 Å². The van der Waals surface area contributed by atoms with E-state index in [1.54, 1.807) is 24.3 Å². The van der Waals surface area contributed by atoms with Gasteiger partial charge in [-0.1, -0.05) is 40.2 Å². The minimum Gasteiger partial charge on any atom is -0.456 e. The van der Waals surface area contributed by atoms with E-state index in [0.717, 1.165) is 4.68 Å². The molecule has 3 aromatic rings. The Balaban J connectivity index is 1.92. The van der Waals surface area contributed by atoms with E-state index in [1.165, 1.54) is 25.2 Å². The third-order valence-electron chi connectivity index (χ3n) is 3.52. The van der Waals surface area contributed by atoms with Crippen LogP contribution in [0.4, 0.5) is 4.39 Å². The van der Waals surface area contributed by atoms with Crippen molar-refractivity contribution < 1.29 is 13.9 Å². The Kier molecular flexibility index (Phi) is 4.44. The van der Waals surface area contributed by atoms with Crippen LogP contribution in [0, 0.1) is 5.82 Å². The largest absolute Gasteiger partial charge is 0.456 e. The Bertz CT molecular complexity index is 1000. The zero-order valence-electron chi connectivity index (χ0n) is 12.6. The van der Waals surface area contributed by atoms with Crippen molar-refractivity contribution in [2.24, 2.45) is 7.05 Å². The van der Waals surface area contributed by atoms with Gasteiger partial charge >= 0.3 is 5.97 Å². The summed E-state index contributed by atoms with van der Waals surface area (Å²) in [4.78, 5) is 24.4. The molecular formula is C17H12BrFN2O3. The second kappa shape index (κ2) is 6.52. The van der Waals surface area contributed by atoms with E-state index in [9.17, 15) is 14.0 Å². The maximum atomic E-state index is 13.1. The van der Waals surface area contributed by atoms with Crippen LogP contribution in [0.2, 0.25) is 0 Å². The van der Waals surface area contributed by atoms with E-state index in [2.05, 4.69) is 21.0 Å². The highest BCUT2D eigenvalue weighted by Crippen LogP contribution is 2.20. The first-order valence-electron chi connectivity index (χ1n) is 7.04. The average molecular weight is 391 g/mol. The Morgan fingerprint density at radius 3 is 2.67 bits per heavy atom. The number of fused-ring (bicyclic) bond motifs is 1. The first-order valence-corrected chi connectivity index (χ1v) is 7.84. The van der Waals surface area contributed by atoms with Gasteiger partial charge in [0, 0.05) is 22.5 Å². The SMILES string of the molecule is Cn1nc(C(=O)OCc2ccc(F)cc2Br)c2ccccc2c1=O. The number of ether oxygens (including phenoxy) is 1. The van der Waals surface area contributed by atoms with Crippen molar-refractivity contribution in [3.63, 3.8) is 0 Å². The number of aromatic nitrogens is 2. The molecule has 0 aliphatic carbocycles. The minimum atomic E-state index is -0.655. The summed E-state index contributed by atoms with van der Waals surface area (Å²) in [5, 5.41) is 4.84. The van der Waals surface area contributed by atoms with E-state index in [4.69, 9.17) is 4.74 Å². The van der Waals surface area contributed by atoms with Crippen LogP contribution >= 0.6 is 15.9 Å². The molecule has 2 aromatic carbocycles. The molecule has 0 unspecified atom stereocenters. The first-order chi connectivity index (χ1) is 11.5. The summed E-state index contributed by atoms with van der Waals surface area (Å²) in [5.41, 5.74) is 0.397. The second-order valence-corrected chi connectivity index (χ2v) is 5.99. The zero-order chi connectivity index (χ0) is 17.3. The summed E-state index contributed by atoms with van der Waals surface area (Å²) in [7, 11) is 1.47. The van der Waals surface area contributed by atoms with Crippen molar-refractivity contribution in [3.8, 4) is 0 Å². The highest BCUT2D eigenvalue weighted by Gasteiger charge is 2.17. The Hall–Kier alpha value is -2.54. The summed E-state index contributed by atoms with van der Waals surface area (Å²) in [6, 6.07) is 10.8. The van der Waals surface area contributed by atoms with Gasteiger partial charge < -0.3 is 4.74 Å². The van der Waals surface area contributed by atoms with E-state index in [1.807, 2.05) is 0 Å². The Morgan fingerprint density at radius 2 is 1.96 bits per heavy atom. The highest BCUT2D eigenvalue weighted by molar-refractivity contribution is 9.10. The van der Waals surface area contributed by atoms with Gasteiger partial charge in [0.15, 0.2) is 5.69 Å². The number of halogens is 2. The molecule has 5 nitrogen and oxygen atoms in total. The number of hydrogen-bond acceptors (Lipinski definition) is 4. The number of esters is 1. The third kappa shape index (κ3) is 3.07. The first kappa shape index (κ1) is 16.3.